The van der Waals surface area contributed by atoms with Gasteiger partial charge in [0.2, 0.25) is 0 Å². The third-order valence-electron chi connectivity index (χ3n) is 2.97. The fourth-order valence-corrected chi connectivity index (χ4v) is 2.30. The minimum atomic E-state index is -0.812. The highest BCUT2D eigenvalue weighted by Gasteiger charge is 2.56. The molecule has 2 heterocycles. The third-order valence-corrected chi connectivity index (χ3v) is 2.97. The van der Waals surface area contributed by atoms with Crippen molar-refractivity contribution in [1.29, 1.82) is 0 Å². The first-order chi connectivity index (χ1) is 6.15. The van der Waals surface area contributed by atoms with E-state index in [0.717, 1.165) is 6.42 Å². The van der Waals surface area contributed by atoms with E-state index in [1.807, 2.05) is 5.92 Å². The lowest BCUT2D eigenvalue weighted by atomic mass is 9.74. The van der Waals surface area contributed by atoms with E-state index in [9.17, 15) is 9.59 Å². The molecular formula is C9H9NO3. The average Bonchev–Trinajstić information content (AvgIpc) is 2.57. The average molecular weight is 179 g/mol. The Bertz CT molecular complexity index is 317. The number of amides is 1. The lowest BCUT2D eigenvalue weighted by Gasteiger charge is -2.32. The number of carboxylic acids is 1. The molecule has 2 bridgehead atoms. The van der Waals surface area contributed by atoms with Crippen molar-refractivity contribution in [3.63, 3.8) is 0 Å². The normalized spacial score (nSPS) is 35.0. The van der Waals surface area contributed by atoms with E-state index in [0.29, 0.717) is 6.54 Å². The maximum atomic E-state index is 11.1. The monoisotopic (exact) mass is 179 g/mol. The molecule has 1 saturated carbocycles. The highest BCUT2D eigenvalue weighted by molar-refractivity contribution is 5.94. The molecule has 1 aliphatic carbocycles. The van der Waals surface area contributed by atoms with Gasteiger partial charge in [0.05, 0.1) is 5.92 Å². The Morgan fingerprint density at radius 2 is 2.23 bits per heavy atom. The quantitative estimate of drug-likeness (QED) is 0.555. The van der Waals surface area contributed by atoms with Crippen LogP contribution in [0, 0.1) is 24.2 Å². The number of aliphatic carboxylic acids is 1. The van der Waals surface area contributed by atoms with Gasteiger partial charge >= 0.3 is 5.97 Å². The van der Waals surface area contributed by atoms with Crippen molar-refractivity contribution < 1.29 is 14.7 Å². The number of hydrogen-bond acceptors (Lipinski definition) is 2. The molecule has 4 heteroatoms. The van der Waals surface area contributed by atoms with E-state index in [-0.39, 0.29) is 23.8 Å². The zero-order valence-electron chi connectivity index (χ0n) is 6.93. The predicted octanol–water partition coefficient (Wildman–Crippen LogP) is -0.449. The van der Waals surface area contributed by atoms with E-state index >= 15 is 0 Å². The zero-order valence-corrected chi connectivity index (χ0v) is 6.93. The van der Waals surface area contributed by atoms with Crippen molar-refractivity contribution in [3.05, 3.63) is 0 Å². The largest absolute Gasteiger partial charge is 0.481 e. The van der Waals surface area contributed by atoms with Crippen molar-refractivity contribution in [2.75, 3.05) is 6.54 Å². The van der Waals surface area contributed by atoms with E-state index in [2.05, 4.69) is 0 Å². The highest BCUT2D eigenvalue weighted by Crippen LogP contribution is 2.46. The number of carboxylic acid groups (broad SMARTS) is 1. The van der Waals surface area contributed by atoms with Crippen LogP contribution in [0.3, 0.4) is 0 Å². The summed E-state index contributed by atoms with van der Waals surface area (Å²) in [6.07, 6.45) is 5.76. The molecule has 3 unspecified atom stereocenters. The number of carbonyl (C=O) groups is 2. The van der Waals surface area contributed by atoms with Gasteiger partial charge in [-0.2, -0.15) is 0 Å². The van der Waals surface area contributed by atoms with Crippen molar-refractivity contribution in [1.82, 2.24) is 4.90 Å². The Morgan fingerprint density at radius 1 is 1.54 bits per heavy atom. The number of hydrogen-bond donors (Lipinski definition) is 1. The molecule has 13 heavy (non-hydrogen) atoms. The smallest absolute Gasteiger partial charge is 0.308 e. The second kappa shape index (κ2) is 2.49. The molecular weight excluding hydrogens is 170 g/mol. The fraction of sp³-hybridized carbons (Fsp3) is 0.556. The van der Waals surface area contributed by atoms with Crippen LogP contribution in [0.15, 0.2) is 0 Å². The molecule has 0 aromatic rings. The van der Waals surface area contributed by atoms with E-state index in [1.54, 1.807) is 0 Å². The minimum absolute atomic E-state index is 0.125. The summed E-state index contributed by atoms with van der Waals surface area (Å²) >= 11 is 0. The van der Waals surface area contributed by atoms with Crippen molar-refractivity contribution in [2.24, 2.45) is 11.8 Å². The first-order valence-corrected chi connectivity index (χ1v) is 4.15. The van der Waals surface area contributed by atoms with Crippen LogP contribution < -0.4 is 0 Å². The van der Waals surface area contributed by atoms with Crippen LogP contribution in [0.1, 0.15) is 6.42 Å². The molecule has 1 N–H and O–H groups in total. The minimum Gasteiger partial charge on any atom is -0.481 e. The molecule has 4 nitrogen and oxygen atoms in total. The Labute approximate surface area is 75.5 Å². The summed E-state index contributed by atoms with van der Waals surface area (Å²) in [7, 11) is 0. The summed E-state index contributed by atoms with van der Waals surface area (Å²) in [5, 5.41) is 8.80. The van der Waals surface area contributed by atoms with Crippen LogP contribution in [0.25, 0.3) is 0 Å². The maximum Gasteiger partial charge on any atom is 0.308 e. The van der Waals surface area contributed by atoms with Gasteiger partial charge in [0.25, 0.3) is 5.91 Å². The topological polar surface area (TPSA) is 57.6 Å². The molecule has 1 amide bonds. The Hall–Kier alpha value is -1.50. The SMILES string of the molecule is C#CC(=O)N1CC2CC1C2C(=O)O. The Morgan fingerprint density at radius 3 is 2.69 bits per heavy atom. The van der Waals surface area contributed by atoms with Crippen molar-refractivity contribution in [3.8, 4) is 12.3 Å². The summed E-state index contributed by atoms with van der Waals surface area (Å²) in [6.45, 7) is 0.519. The highest BCUT2D eigenvalue weighted by atomic mass is 16.4. The van der Waals surface area contributed by atoms with Gasteiger partial charge in [0, 0.05) is 12.6 Å². The van der Waals surface area contributed by atoms with Gasteiger partial charge in [-0.15, -0.1) is 6.42 Å². The van der Waals surface area contributed by atoms with Gasteiger partial charge in [0.15, 0.2) is 0 Å². The van der Waals surface area contributed by atoms with Crippen molar-refractivity contribution in [2.45, 2.75) is 12.5 Å². The van der Waals surface area contributed by atoms with Crippen LogP contribution in [0.2, 0.25) is 0 Å². The second-order valence-corrected chi connectivity index (χ2v) is 3.53. The molecule has 0 aromatic carbocycles. The van der Waals surface area contributed by atoms with Gasteiger partial charge in [-0.05, 0) is 18.3 Å². The summed E-state index contributed by atoms with van der Waals surface area (Å²) in [5.41, 5.74) is 0. The number of nitrogens with zero attached hydrogens (tertiary/aromatic N) is 1. The predicted molar refractivity (Wildman–Crippen MR) is 43.6 cm³/mol. The Kier molecular flexibility index (Phi) is 1.56. The molecule has 0 spiro atoms. The molecule has 2 saturated heterocycles. The van der Waals surface area contributed by atoms with Gasteiger partial charge in [-0.25, -0.2) is 0 Å². The number of carbonyl (C=O) groups excluding carboxylic acids is 1. The first kappa shape index (κ1) is 8.11. The second-order valence-electron chi connectivity index (χ2n) is 3.53. The molecule has 2 aliphatic heterocycles. The van der Waals surface area contributed by atoms with Crippen molar-refractivity contribution >= 4 is 11.9 Å². The molecule has 3 aliphatic rings. The molecule has 68 valence electrons. The molecule has 3 atom stereocenters. The lowest BCUT2D eigenvalue weighted by molar-refractivity contribution is -0.148. The molecule has 0 radical (unpaired) electrons. The van der Waals surface area contributed by atoms with E-state index < -0.39 is 5.97 Å². The fourth-order valence-electron chi connectivity index (χ4n) is 2.30. The van der Waals surface area contributed by atoms with Crippen LogP contribution in [0.5, 0.6) is 0 Å². The van der Waals surface area contributed by atoms with E-state index in [1.165, 1.54) is 4.90 Å². The zero-order chi connectivity index (χ0) is 9.59. The summed E-state index contributed by atoms with van der Waals surface area (Å²) in [6, 6.07) is -0.147. The van der Waals surface area contributed by atoms with Gasteiger partial charge in [0.1, 0.15) is 0 Å². The summed E-state index contributed by atoms with van der Waals surface area (Å²) in [4.78, 5) is 23.3. The number of terminal acetylenes is 1. The maximum absolute atomic E-state index is 11.1. The Balaban J connectivity index is 2.12. The molecule has 3 rings (SSSR count). The third kappa shape index (κ3) is 0.934. The lowest BCUT2D eigenvalue weighted by Crippen LogP contribution is -2.44. The van der Waals surface area contributed by atoms with Crippen LogP contribution >= 0.6 is 0 Å². The van der Waals surface area contributed by atoms with E-state index in [4.69, 9.17) is 11.5 Å². The van der Waals surface area contributed by atoms with Crippen LogP contribution in [-0.4, -0.2) is 34.5 Å². The standard InChI is InChI=1S/C9H9NO3/c1-2-7(11)10-4-5-3-6(10)8(5)9(12)13/h1,5-6,8H,3-4H2,(H,12,13). The van der Waals surface area contributed by atoms with Crippen LogP contribution in [-0.2, 0) is 9.59 Å². The van der Waals surface area contributed by atoms with Gasteiger partial charge in [-0.3, -0.25) is 9.59 Å². The molecule has 0 aromatic heterocycles. The van der Waals surface area contributed by atoms with Gasteiger partial charge in [-0.1, -0.05) is 0 Å². The van der Waals surface area contributed by atoms with Crippen LogP contribution in [0.4, 0.5) is 0 Å². The summed E-state index contributed by atoms with van der Waals surface area (Å²) in [5.74, 6) is 0.575. The molecule has 3 fully saturated rings. The van der Waals surface area contributed by atoms with Gasteiger partial charge < -0.3 is 10.0 Å². The summed E-state index contributed by atoms with van der Waals surface area (Å²) < 4.78 is 0. The first-order valence-electron chi connectivity index (χ1n) is 4.15. The number of rotatable bonds is 1. The number of fused-ring (bicyclic) bond motifs is 1.